The van der Waals surface area contributed by atoms with Crippen LogP contribution in [0.15, 0.2) is 82.3 Å². The summed E-state index contributed by atoms with van der Waals surface area (Å²) < 4.78 is 11.4. The van der Waals surface area contributed by atoms with E-state index in [-0.39, 0.29) is 0 Å². The van der Waals surface area contributed by atoms with Crippen LogP contribution in [0.1, 0.15) is 5.56 Å². The number of methoxy groups -OCH3 is 1. The number of nitrogens with one attached hydrogen (secondary N) is 2. The van der Waals surface area contributed by atoms with Gasteiger partial charge in [-0.25, -0.2) is 10.4 Å². The molecule has 0 fully saturated rings. The highest BCUT2D eigenvalue weighted by Crippen LogP contribution is 2.25. The Morgan fingerprint density at radius 1 is 1.00 bits per heavy atom. The van der Waals surface area contributed by atoms with E-state index in [4.69, 9.17) is 9.15 Å². The lowest BCUT2D eigenvalue weighted by Gasteiger charge is -2.07. The number of ether oxygens (including phenoxy) is 1. The number of hydrogen-bond acceptors (Lipinski definition) is 5. The van der Waals surface area contributed by atoms with Crippen LogP contribution in [0.5, 0.6) is 5.75 Å². The lowest BCUT2D eigenvalue weighted by atomic mass is 10.1. The monoisotopic (exact) mass is 396 g/mol. The maximum atomic E-state index is 6.17. The molecule has 0 spiro atoms. The minimum atomic E-state index is 0.587. The summed E-state index contributed by atoms with van der Waals surface area (Å²) in [5.74, 6) is 2.11. The molecule has 0 aliphatic rings. The van der Waals surface area contributed by atoms with Crippen molar-refractivity contribution in [2.24, 2.45) is 5.10 Å². The van der Waals surface area contributed by atoms with E-state index in [0.717, 1.165) is 50.0 Å². The van der Waals surface area contributed by atoms with Gasteiger partial charge in [0.2, 0.25) is 5.95 Å². The lowest BCUT2D eigenvalue weighted by Crippen LogP contribution is -2.08. The Kier molecular flexibility index (Phi) is 4.44. The summed E-state index contributed by atoms with van der Waals surface area (Å²) in [4.78, 5) is 7.76. The van der Waals surface area contributed by atoms with Crippen LogP contribution in [0.25, 0.3) is 33.3 Å². The number of aromatic nitrogens is 2. The third-order valence-electron chi connectivity index (χ3n) is 4.94. The Hall–Kier alpha value is -4.06. The van der Waals surface area contributed by atoms with Gasteiger partial charge >= 0.3 is 0 Å². The van der Waals surface area contributed by atoms with Crippen molar-refractivity contribution in [3.05, 3.63) is 83.7 Å². The van der Waals surface area contributed by atoms with Crippen molar-refractivity contribution < 1.29 is 9.15 Å². The van der Waals surface area contributed by atoms with Gasteiger partial charge in [0.25, 0.3) is 0 Å². The van der Waals surface area contributed by atoms with Gasteiger partial charge in [-0.15, -0.1) is 0 Å². The first-order valence-electron chi connectivity index (χ1n) is 9.63. The molecule has 2 heterocycles. The fourth-order valence-electron chi connectivity index (χ4n) is 3.39. The molecule has 148 valence electrons. The van der Waals surface area contributed by atoms with Crippen LogP contribution >= 0.6 is 0 Å². The molecular formula is C24H20N4O2. The summed E-state index contributed by atoms with van der Waals surface area (Å²) in [7, 11) is 1.65. The largest absolute Gasteiger partial charge is 0.497 e. The average Bonchev–Trinajstić information content (AvgIpc) is 3.20. The van der Waals surface area contributed by atoms with Crippen molar-refractivity contribution in [2.75, 3.05) is 12.5 Å². The van der Waals surface area contributed by atoms with Crippen LogP contribution in [0, 0.1) is 6.92 Å². The number of imidazole rings is 1. The number of para-hydroxylation sites is 2. The highest BCUT2D eigenvalue weighted by Gasteiger charge is 2.08. The second-order valence-electron chi connectivity index (χ2n) is 7.05. The van der Waals surface area contributed by atoms with Gasteiger partial charge in [-0.3, -0.25) is 0 Å². The van der Waals surface area contributed by atoms with Crippen LogP contribution in [0.3, 0.4) is 0 Å². The second kappa shape index (κ2) is 7.40. The molecule has 2 aromatic heterocycles. The Labute approximate surface area is 172 Å². The number of fused-ring (bicyclic) bond motifs is 2. The first-order valence-corrected chi connectivity index (χ1v) is 9.63. The molecular weight excluding hydrogens is 376 g/mol. The molecule has 5 aromatic rings. The first-order chi connectivity index (χ1) is 14.7. The average molecular weight is 396 g/mol. The molecule has 2 N–H and O–H groups in total. The SMILES string of the molecule is COc1ccc(-c2cc(=NNc3nc4ccccc4[nH]3)c3cc(C)ccc3o2)cc1. The molecule has 0 saturated heterocycles. The maximum Gasteiger partial charge on any atom is 0.222 e. The first kappa shape index (κ1) is 18.0. The summed E-state index contributed by atoms with van der Waals surface area (Å²) in [6, 6.07) is 23.6. The molecule has 0 radical (unpaired) electrons. The van der Waals surface area contributed by atoms with Crippen LogP contribution in [-0.4, -0.2) is 17.1 Å². The quantitative estimate of drug-likeness (QED) is 0.408. The van der Waals surface area contributed by atoms with Crippen LogP contribution in [-0.2, 0) is 0 Å². The fraction of sp³-hybridized carbons (Fsp3) is 0.0833. The number of aryl methyl sites for hydroxylation is 1. The Balaban J connectivity index is 1.62. The van der Waals surface area contributed by atoms with E-state index >= 15 is 0 Å². The minimum Gasteiger partial charge on any atom is -0.497 e. The number of hydrogen-bond donors (Lipinski definition) is 2. The highest BCUT2D eigenvalue weighted by atomic mass is 16.5. The number of benzene rings is 3. The fourth-order valence-corrected chi connectivity index (χ4v) is 3.39. The van der Waals surface area contributed by atoms with Crippen molar-refractivity contribution in [3.8, 4) is 17.1 Å². The van der Waals surface area contributed by atoms with Crippen molar-refractivity contribution >= 4 is 28.0 Å². The van der Waals surface area contributed by atoms with E-state index in [1.165, 1.54) is 0 Å². The van der Waals surface area contributed by atoms with Crippen LogP contribution in [0.4, 0.5) is 5.95 Å². The number of nitrogens with zero attached hydrogens (tertiary/aromatic N) is 2. The molecule has 30 heavy (non-hydrogen) atoms. The lowest BCUT2D eigenvalue weighted by molar-refractivity contribution is 0.415. The number of aromatic amines is 1. The minimum absolute atomic E-state index is 0.587. The zero-order valence-electron chi connectivity index (χ0n) is 16.6. The molecule has 0 unspecified atom stereocenters. The zero-order chi connectivity index (χ0) is 20.5. The summed E-state index contributed by atoms with van der Waals surface area (Å²) in [6.45, 7) is 2.05. The zero-order valence-corrected chi connectivity index (χ0v) is 16.6. The van der Waals surface area contributed by atoms with E-state index in [0.29, 0.717) is 5.95 Å². The van der Waals surface area contributed by atoms with E-state index in [1.54, 1.807) is 7.11 Å². The second-order valence-corrected chi connectivity index (χ2v) is 7.05. The summed E-state index contributed by atoms with van der Waals surface area (Å²) >= 11 is 0. The molecule has 5 rings (SSSR count). The van der Waals surface area contributed by atoms with Crippen molar-refractivity contribution in [1.29, 1.82) is 0 Å². The van der Waals surface area contributed by atoms with Gasteiger partial charge in [-0.2, -0.15) is 5.10 Å². The predicted molar refractivity (Wildman–Crippen MR) is 118 cm³/mol. The van der Waals surface area contributed by atoms with Gasteiger partial charge < -0.3 is 14.1 Å². The predicted octanol–water partition coefficient (Wildman–Crippen LogP) is 5.22. The van der Waals surface area contributed by atoms with Gasteiger partial charge in [-0.05, 0) is 55.5 Å². The van der Waals surface area contributed by atoms with Crippen molar-refractivity contribution in [1.82, 2.24) is 9.97 Å². The van der Waals surface area contributed by atoms with E-state index in [2.05, 4.69) is 26.6 Å². The normalized spacial score (nSPS) is 11.9. The van der Waals surface area contributed by atoms with Gasteiger partial charge in [0, 0.05) is 17.0 Å². The third-order valence-corrected chi connectivity index (χ3v) is 4.94. The number of rotatable bonds is 4. The molecule has 0 saturated carbocycles. The van der Waals surface area contributed by atoms with Crippen LogP contribution in [0.2, 0.25) is 0 Å². The number of anilines is 1. The summed E-state index contributed by atoms with van der Waals surface area (Å²) in [5.41, 5.74) is 7.74. The highest BCUT2D eigenvalue weighted by molar-refractivity contribution is 5.79. The standard InChI is InChI=1S/C24H20N4O2/c1-15-7-12-22-18(13-15)21(14-23(30-22)16-8-10-17(29-2)11-9-16)27-28-24-25-19-5-3-4-6-20(19)26-24/h3-14H,1-2H3,(H2,25,26,28). The molecule has 0 atom stereocenters. The van der Waals surface area contributed by atoms with Gasteiger partial charge in [-0.1, -0.05) is 23.8 Å². The van der Waals surface area contributed by atoms with Gasteiger partial charge in [0.05, 0.1) is 23.5 Å². The smallest absolute Gasteiger partial charge is 0.222 e. The Morgan fingerprint density at radius 3 is 2.63 bits per heavy atom. The Morgan fingerprint density at radius 2 is 1.83 bits per heavy atom. The molecule has 3 aromatic carbocycles. The Bertz CT molecular complexity index is 1380. The van der Waals surface area contributed by atoms with Crippen LogP contribution < -0.4 is 15.5 Å². The van der Waals surface area contributed by atoms with E-state index in [9.17, 15) is 0 Å². The molecule has 0 amide bonds. The van der Waals surface area contributed by atoms with E-state index in [1.807, 2.05) is 73.7 Å². The maximum absolute atomic E-state index is 6.17. The topological polar surface area (TPSA) is 75.4 Å². The van der Waals surface area contributed by atoms with E-state index < -0.39 is 0 Å². The van der Waals surface area contributed by atoms with Gasteiger partial charge in [0.1, 0.15) is 17.1 Å². The molecule has 0 aliphatic heterocycles. The summed E-state index contributed by atoms with van der Waals surface area (Å²) in [5, 5.41) is 6.33. The molecule has 6 heteroatoms. The summed E-state index contributed by atoms with van der Waals surface area (Å²) in [6.07, 6.45) is 0. The van der Waals surface area contributed by atoms with Crippen molar-refractivity contribution in [3.63, 3.8) is 0 Å². The molecule has 6 nitrogen and oxygen atoms in total. The van der Waals surface area contributed by atoms with Crippen molar-refractivity contribution in [2.45, 2.75) is 6.92 Å². The molecule has 0 bridgehead atoms. The molecule has 0 aliphatic carbocycles. The number of H-pyrrole nitrogens is 1. The van der Waals surface area contributed by atoms with Gasteiger partial charge in [0.15, 0.2) is 0 Å². The third kappa shape index (κ3) is 3.39.